The standard InChI is InChI=1S/C26H31N3O8/c1-28(2)20-15-10-13-9-14-12(11-29-5-7-37-8-6-29)3-4-16(30)18(14)21(31)17(13)23(33)26(15,36)24(34)19(22(20)32)25(27)35/h3-4,13,15,20,30,32-33,36H,5-11H2,1-2H3,(H2,27,35)/t13-,15-,20-,26-/m0/s1. The smallest absolute Gasteiger partial charge is 0.255 e. The number of Topliss-reactive ketones (excluding diaryl/α,β-unsaturated/α-hetero) is 2. The molecule has 11 heteroatoms. The summed E-state index contributed by atoms with van der Waals surface area (Å²) in [6.07, 6.45) is 0.348. The Labute approximate surface area is 213 Å². The van der Waals surface area contributed by atoms with Crippen LogP contribution in [-0.2, 0) is 27.3 Å². The molecule has 0 saturated carbocycles. The average Bonchev–Trinajstić information content (AvgIpc) is 2.83. The molecule has 1 amide bonds. The lowest BCUT2D eigenvalue weighted by Crippen LogP contribution is -2.63. The van der Waals surface area contributed by atoms with Crippen LogP contribution < -0.4 is 5.73 Å². The third-order valence-corrected chi connectivity index (χ3v) is 8.20. The quantitative estimate of drug-likeness (QED) is 0.344. The molecule has 6 N–H and O–H groups in total. The van der Waals surface area contributed by atoms with E-state index in [0.717, 1.165) is 18.7 Å². The van der Waals surface area contributed by atoms with E-state index in [9.17, 15) is 34.8 Å². The number of nitrogens with zero attached hydrogens (tertiary/aromatic N) is 2. The summed E-state index contributed by atoms with van der Waals surface area (Å²) >= 11 is 0. The van der Waals surface area contributed by atoms with Crippen molar-refractivity contribution in [2.45, 2.75) is 31.0 Å². The van der Waals surface area contributed by atoms with Crippen LogP contribution in [0.25, 0.3) is 0 Å². The molecule has 0 aromatic heterocycles. The Morgan fingerprint density at radius 2 is 1.86 bits per heavy atom. The second kappa shape index (κ2) is 8.95. The van der Waals surface area contributed by atoms with Crippen LogP contribution in [0.15, 0.2) is 34.8 Å². The fraction of sp³-hybridized carbons (Fsp3) is 0.500. The van der Waals surface area contributed by atoms with Gasteiger partial charge in [0.1, 0.15) is 22.8 Å². The summed E-state index contributed by atoms with van der Waals surface area (Å²) in [5.41, 5.74) is 3.31. The van der Waals surface area contributed by atoms with E-state index in [4.69, 9.17) is 10.5 Å². The largest absolute Gasteiger partial charge is 0.510 e. The van der Waals surface area contributed by atoms with Crippen LogP contribution in [0.3, 0.4) is 0 Å². The summed E-state index contributed by atoms with van der Waals surface area (Å²) in [7, 11) is 3.21. The molecule has 1 saturated heterocycles. The lowest BCUT2D eigenvalue weighted by atomic mass is 9.58. The van der Waals surface area contributed by atoms with Gasteiger partial charge < -0.3 is 30.9 Å². The van der Waals surface area contributed by atoms with Crippen molar-refractivity contribution in [3.8, 4) is 5.75 Å². The van der Waals surface area contributed by atoms with Crippen LogP contribution in [0.2, 0.25) is 0 Å². The van der Waals surface area contributed by atoms with E-state index in [1.54, 1.807) is 20.2 Å². The van der Waals surface area contributed by atoms with E-state index in [1.807, 2.05) is 0 Å². The highest BCUT2D eigenvalue weighted by Gasteiger charge is 2.63. The molecular formula is C26H31N3O8. The highest BCUT2D eigenvalue weighted by atomic mass is 16.5. The zero-order valence-electron chi connectivity index (χ0n) is 20.7. The summed E-state index contributed by atoms with van der Waals surface area (Å²) in [4.78, 5) is 42.9. The number of carbonyl (C=O) groups excluding carboxylic acids is 3. The number of phenols is 1. The van der Waals surface area contributed by atoms with Crippen LogP contribution in [0.1, 0.15) is 27.9 Å². The van der Waals surface area contributed by atoms with E-state index in [0.29, 0.717) is 25.3 Å². The summed E-state index contributed by atoms with van der Waals surface area (Å²) < 4.78 is 5.42. The number of aliphatic hydroxyl groups is 3. The predicted molar refractivity (Wildman–Crippen MR) is 130 cm³/mol. The molecule has 4 aliphatic rings. The van der Waals surface area contributed by atoms with Gasteiger partial charge in [0.25, 0.3) is 5.91 Å². The van der Waals surface area contributed by atoms with Gasteiger partial charge in [0.05, 0.1) is 24.8 Å². The molecule has 5 rings (SSSR count). The first-order valence-electron chi connectivity index (χ1n) is 12.3. The normalized spacial score (nSPS) is 30.3. The number of aromatic hydroxyl groups is 1. The highest BCUT2D eigenvalue weighted by molar-refractivity contribution is 6.24. The minimum Gasteiger partial charge on any atom is -0.510 e. The molecular weight excluding hydrogens is 482 g/mol. The number of ether oxygens (including phenoxy) is 1. The van der Waals surface area contributed by atoms with Crippen molar-refractivity contribution >= 4 is 17.5 Å². The Morgan fingerprint density at radius 1 is 1.19 bits per heavy atom. The van der Waals surface area contributed by atoms with Gasteiger partial charge in [0, 0.05) is 31.1 Å². The van der Waals surface area contributed by atoms with Crippen LogP contribution in [0, 0.1) is 11.8 Å². The van der Waals surface area contributed by atoms with Gasteiger partial charge in [-0.2, -0.15) is 0 Å². The first-order valence-corrected chi connectivity index (χ1v) is 12.3. The number of likely N-dealkylation sites (N-methyl/N-ethyl adjacent to an activating group) is 1. The second-order valence-electron chi connectivity index (χ2n) is 10.4. The number of phenolic OH excluding ortho intramolecular Hbond substituents is 1. The number of benzene rings is 1. The molecule has 0 spiro atoms. The molecule has 1 heterocycles. The summed E-state index contributed by atoms with van der Waals surface area (Å²) in [5.74, 6) is -6.48. The second-order valence-corrected chi connectivity index (χ2v) is 10.4. The summed E-state index contributed by atoms with van der Waals surface area (Å²) in [5, 5.41) is 44.5. The van der Waals surface area contributed by atoms with Crippen molar-refractivity contribution in [2.75, 3.05) is 40.4 Å². The zero-order valence-corrected chi connectivity index (χ0v) is 20.7. The van der Waals surface area contributed by atoms with E-state index < -0.39 is 58.0 Å². The minimum atomic E-state index is -2.63. The maximum Gasteiger partial charge on any atom is 0.255 e. The summed E-state index contributed by atoms with van der Waals surface area (Å²) in [6, 6.07) is 2.21. The minimum absolute atomic E-state index is 0.0338. The number of primary amides is 1. The molecule has 1 aromatic rings. The van der Waals surface area contributed by atoms with Gasteiger partial charge in [-0.05, 0) is 50.0 Å². The Balaban J connectivity index is 1.64. The van der Waals surface area contributed by atoms with E-state index >= 15 is 0 Å². The molecule has 198 valence electrons. The third-order valence-electron chi connectivity index (χ3n) is 8.20. The van der Waals surface area contributed by atoms with Crippen molar-refractivity contribution in [1.82, 2.24) is 9.80 Å². The topological polar surface area (TPSA) is 174 Å². The zero-order chi connectivity index (χ0) is 26.8. The Morgan fingerprint density at radius 3 is 2.49 bits per heavy atom. The molecule has 37 heavy (non-hydrogen) atoms. The molecule has 3 aliphatic carbocycles. The molecule has 0 radical (unpaired) electrons. The SMILES string of the molecule is CN(C)[C@@H]1C(O)=C(C(N)=O)C(=O)[C@@]2(O)C(O)=C3C(=O)c4c(O)ccc(CN5CCOCC5)c4C[C@H]3C[C@@H]12. The lowest BCUT2D eigenvalue weighted by molar-refractivity contribution is -0.148. The van der Waals surface area contributed by atoms with E-state index in [2.05, 4.69) is 4.90 Å². The lowest BCUT2D eigenvalue weighted by Gasteiger charge is -2.50. The number of ketones is 2. The Bertz CT molecular complexity index is 1260. The van der Waals surface area contributed by atoms with Crippen LogP contribution in [0.5, 0.6) is 5.75 Å². The fourth-order valence-corrected chi connectivity index (χ4v) is 6.46. The molecule has 1 fully saturated rings. The van der Waals surface area contributed by atoms with Gasteiger partial charge in [-0.15, -0.1) is 0 Å². The molecule has 1 aromatic carbocycles. The third kappa shape index (κ3) is 3.68. The first-order chi connectivity index (χ1) is 17.5. The summed E-state index contributed by atoms with van der Waals surface area (Å²) in [6.45, 7) is 3.22. The maximum atomic E-state index is 13.7. The predicted octanol–water partition coefficient (Wildman–Crippen LogP) is -0.0472. The number of hydrogen-bond donors (Lipinski definition) is 5. The van der Waals surface area contributed by atoms with Crippen LogP contribution in [0.4, 0.5) is 0 Å². The van der Waals surface area contributed by atoms with Gasteiger partial charge in [-0.25, -0.2) is 0 Å². The highest BCUT2D eigenvalue weighted by Crippen LogP contribution is 2.52. The van der Waals surface area contributed by atoms with Crippen molar-refractivity contribution in [1.29, 1.82) is 0 Å². The van der Waals surface area contributed by atoms with Crippen LogP contribution >= 0.6 is 0 Å². The van der Waals surface area contributed by atoms with Crippen molar-refractivity contribution in [3.05, 3.63) is 51.5 Å². The molecule has 0 unspecified atom stereocenters. The number of rotatable bonds is 4. The van der Waals surface area contributed by atoms with E-state index in [-0.39, 0.29) is 29.7 Å². The molecule has 4 atom stereocenters. The van der Waals surface area contributed by atoms with Crippen molar-refractivity contribution in [2.24, 2.45) is 17.6 Å². The van der Waals surface area contributed by atoms with Crippen LogP contribution in [-0.4, -0.2) is 99.7 Å². The number of nitrogens with two attached hydrogens (primary N) is 1. The maximum absolute atomic E-state index is 13.7. The number of amides is 1. The number of hydrogen-bond acceptors (Lipinski definition) is 10. The van der Waals surface area contributed by atoms with Gasteiger partial charge in [-0.3, -0.25) is 24.2 Å². The van der Waals surface area contributed by atoms with Gasteiger partial charge in [-0.1, -0.05) is 6.07 Å². The fourth-order valence-electron chi connectivity index (χ4n) is 6.46. The van der Waals surface area contributed by atoms with Crippen molar-refractivity contribution in [3.63, 3.8) is 0 Å². The molecule has 0 bridgehead atoms. The number of aliphatic hydroxyl groups excluding tert-OH is 2. The first kappa shape index (κ1) is 25.4. The monoisotopic (exact) mass is 513 g/mol. The number of carbonyl (C=O) groups is 3. The van der Waals surface area contributed by atoms with Gasteiger partial charge in [0.15, 0.2) is 11.4 Å². The van der Waals surface area contributed by atoms with Gasteiger partial charge in [0.2, 0.25) is 5.78 Å². The van der Waals surface area contributed by atoms with E-state index in [1.165, 1.54) is 11.0 Å². The van der Waals surface area contributed by atoms with Gasteiger partial charge >= 0.3 is 0 Å². The number of fused-ring (bicyclic) bond motifs is 3. The van der Waals surface area contributed by atoms with Crippen molar-refractivity contribution < 1.29 is 39.5 Å². The molecule has 11 nitrogen and oxygen atoms in total. The molecule has 1 aliphatic heterocycles. The Kier molecular flexibility index (Phi) is 6.14. The number of allylic oxidation sites excluding steroid dienone is 1. The number of morpholine rings is 1. The average molecular weight is 514 g/mol. The Hall–Kier alpha value is -3.25.